The van der Waals surface area contributed by atoms with Crippen LogP contribution in [0.4, 0.5) is 0 Å². The van der Waals surface area contributed by atoms with Crippen LogP contribution in [0.2, 0.25) is 0 Å². The molecule has 0 aliphatic rings. The van der Waals surface area contributed by atoms with Crippen molar-refractivity contribution in [3.8, 4) is 0 Å². The van der Waals surface area contributed by atoms with Gasteiger partial charge in [0.25, 0.3) is 5.91 Å². The Morgan fingerprint density at radius 1 is 1.44 bits per heavy atom. The average molecular weight is 246 g/mol. The third-order valence-corrected chi connectivity index (χ3v) is 2.47. The molecule has 0 radical (unpaired) electrons. The van der Waals surface area contributed by atoms with Gasteiger partial charge >= 0.3 is 0 Å². The first-order valence-electron chi connectivity index (χ1n) is 5.51. The number of carbonyl (C=O) groups is 1. The second-order valence-corrected chi connectivity index (χ2v) is 3.68. The minimum Gasteiger partial charge on any atom is -0.367 e. The van der Waals surface area contributed by atoms with Crippen molar-refractivity contribution in [1.82, 2.24) is 20.5 Å². The highest BCUT2D eigenvalue weighted by Gasteiger charge is 2.19. The summed E-state index contributed by atoms with van der Waals surface area (Å²) in [7, 11) is 1.51. The fourth-order valence-electron chi connectivity index (χ4n) is 1.60. The summed E-state index contributed by atoms with van der Waals surface area (Å²) in [6, 6.07) is 9.32. The number of hydrogen-bond donors (Lipinski definition) is 2. The van der Waals surface area contributed by atoms with E-state index in [0.29, 0.717) is 12.4 Å². The third kappa shape index (κ3) is 2.92. The predicted octanol–water partition coefficient (Wildman–Crippen LogP) is 0.809. The molecule has 18 heavy (non-hydrogen) atoms. The van der Waals surface area contributed by atoms with E-state index in [1.807, 2.05) is 30.3 Å². The number of hydrogen-bond acceptors (Lipinski definition) is 4. The monoisotopic (exact) mass is 246 g/mol. The van der Waals surface area contributed by atoms with E-state index < -0.39 is 6.10 Å². The summed E-state index contributed by atoms with van der Waals surface area (Å²) in [5, 5.41) is 9.11. The second-order valence-electron chi connectivity index (χ2n) is 3.68. The van der Waals surface area contributed by atoms with Crippen LogP contribution in [-0.2, 0) is 16.1 Å². The van der Waals surface area contributed by atoms with Crippen LogP contribution >= 0.6 is 0 Å². The molecule has 1 heterocycles. The third-order valence-electron chi connectivity index (χ3n) is 2.47. The van der Waals surface area contributed by atoms with Gasteiger partial charge in [0.15, 0.2) is 6.10 Å². The van der Waals surface area contributed by atoms with Crippen molar-refractivity contribution in [2.24, 2.45) is 0 Å². The number of H-pyrrole nitrogens is 1. The molecule has 2 rings (SSSR count). The molecule has 2 N–H and O–H groups in total. The van der Waals surface area contributed by atoms with Crippen LogP contribution in [0.25, 0.3) is 0 Å². The molecule has 0 aliphatic heterocycles. The summed E-state index contributed by atoms with van der Waals surface area (Å²) >= 11 is 0. The number of rotatable bonds is 5. The fourth-order valence-corrected chi connectivity index (χ4v) is 1.60. The Kier molecular flexibility index (Phi) is 4.03. The molecule has 1 atom stereocenters. The molecule has 1 aromatic heterocycles. The Balaban J connectivity index is 1.98. The number of benzene rings is 1. The molecule has 1 aromatic carbocycles. The molecule has 2 aromatic rings. The minimum absolute atomic E-state index is 0.208. The van der Waals surface area contributed by atoms with E-state index in [1.54, 1.807) is 0 Å². The molecular formula is C12H14N4O2. The first-order chi connectivity index (χ1) is 8.81. The smallest absolute Gasteiger partial charge is 0.254 e. The Morgan fingerprint density at radius 2 is 2.22 bits per heavy atom. The first kappa shape index (κ1) is 12.3. The van der Waals surface area contributed by atoms with Gasteiger partial charge in [-0.15, -0.1) is 0 Å². The quantitative estimate of drug-likeness (QED) is 0.818. The largest absolute Gasteiger partial charge is 0.367 e. The number of ether oxygens (including phenoxy) is 1. The molecule has 0 saturated carbocycles. The van der Waals surface area contributed by atoms with Gasteiger partial charge in [-0.25, -0.2) is 4.98 Å². The Hall–Kier alpha value is -2.21. The molecule has 94 valence electrons. The Bertz CT molecular complexity index is 484. The van der Waals surface area contributed by atoms with Crippen molar-refractivity contribution in [3.63, 3.8) is 0 Å². The highest BCUT2D eigenvalue weighted by atomic mass is 16.5. The Labute approximate surface area is 104 Å². The van der Waals surface area contributed by atoms with Crippen LogP contribution in [-0.4, -0.2) is 28.2 Å². The van der Waals surface area contributed by atoms with Gasteiger partial charge in [0.05, 0.1) is 6.54 Å². The van der Waals surface area contributed by atoms with Crippen LogP contribution in [0.1, 0.15) is 17.5 Å². The van der Waals surface area contributed by atoms with E-state index in [4.69, 9.17) is 4.74 Å². The zero-order valence-electron chi connectivity index (χ0n) is 9.96. The Morgan fingerprint density at radius 3 is 2.83 bits per heavy atom. The average Bonchev–Trinajstić information content (AvgIpc) is 2.92. The zero-order valence-corrected chi connectivity index (χ0v) is 9.96. The number of carbonyl (C=O) groups excluding carboxylic acids is 1. The lowest BCUT2D eigenvalue weighted by atomic mass is 10.1. The summed E-state index contributed by atoms with van der Waals surface area (Å²) in [4.78, 5) is 15.9. The summed E-state index contributed by atoms with van der Waals surface area (Å²) in [6.45, 7) is 0.297. The van der Waals surface area contributed by atoms with Crippen molar-refractivity contribution < 1.29 is 9.53 Å². The van der Waals surface area contributed by atoms with Gasteiger partial charge in [-0.2, -0.15) is 5.10 Å². The maximum absolute atomic E-state index is 12.0. The van der Waals surface area contributed by atoms with Gasteiger partial charge in [0.1, 0.15) is 12.2 Å². The fraction of sp³-hybridized carbons (Fsp3) is 0.250. The van der Waals surface area contributed by atoms with Crippen molar-refractivity contribution in [2.45, 2.75) is 12.6 Å². The molecule has 0 aliphatic carbocycles. The molecule has 0 fully saturated rings. The van der Waals surface area contributed by atoms with Crippen molar-refractivity contribution >= 4 is 5.91 Å². The highest BCUT2D eigenvalue weighted by molar-refractivity contribution is 5.82. The van der Waals surface area contributed by atoms with Crippen LogP contribution in [0.15, 0.2) is 36.7 Å². The molecule has 1 amide bonds. The van der Waals surface area contributed by atoms with Crippen molar-refractivity contribution in [3.05, 3.63) is 48.0 Å². The standard InChI is InChI=1S/C12H14N4O2/c1-18-11(9-5-3-2-4-6-9)12(17)13-7-10-14-8-15-16-10/h2-6,8,11H,7H2,1H3,(H,13,17)(H,14,15,16). The SMILES string of the molecule is COC(C(=O)NCc1ncn[nH]1)c1ccccc1. The highest BCUT2D eigenvalue weighted by Crippen LogP contribution is 2.16. The zero-order chi connectivity index (χ0) is 12.8. The van der Waals surface area contributed by atoms with E-state index >= 15 is 0 Å². The van der Waals surface area contributed by atoms with Gasteiger partial charge in [-0.05, 0) is 5.56 Å². The predicted molar refractivity (Wildman–Crippen MR) is 64.4 cm³/mol. The second kappa shape index (κ2) is 5.92. The topological polar surface area (TPSA) is 79.9 Å². The molecule has 0 spiro atoms. The molecule has 6 nitrogen and oxygen atoms in total. The van der Waals surface area contributed by atoms with E-state index in [1.165, 1.54) is 13.4 Å². The molecule has 0 bridgehead atoms. The lowest BCUT2D eigenvalue weighted by Crippen LogP contribution is -2.30. The summed E-state index contributed by atoms with van der Waals surface area (Å²) in [5.74, 6) is 0.395. The minimum atomic E-state index is -0.617. The van der Waals surface area contributed by atoms with Gasteiger partial charge in [0.2, 0.25) is 0 Å². The number of amides is 1. The van der Waals surface area contributed by atoms with Crippen LogP contribution < -0.4 is 5.32 Å². The van der Waals surface area contributed by atoms with Crippen LogP contribution in [0.5, 0.6) is 0 Å². The van der Waals surface area contributed by atoms with E-state index in [-0.39, 0.29) is 5.91 Å². The lowest BCUT2D eigenvalue weighted by Gasteiger charge is -2.14. The van der Waals surface area contributed by atoms with Crippen molar-refractivity contribution in [1.29, 1.82) is 0 Å². The van der Waals surface area contributed by atoms with Crippen LogP contribution in [0, 0.1) is 0 Å². The summed E-state index contributed by atoms with van der Waals surface area (Å²) in [6.07, 6.45) is 0.779. The number of nitrogens with zero attached hydrogens (tertiary/aromatic N) is 2. The van der Waals surface area contributed by atoms with E-state index in [2.05, 4.69) is 20.5 Å². The van der Waals surface area contributed by atoms with E-state index in [9.17, 15) is 4.79 Å². The van der Waals surface area contributed by atoms with Gasteiger partial charge < -0.3 is 10.1 Å². The van der Waals surface area contributed by atoms with Crippen molar-refractivity contribution in [2.75, 3.05) is 7.11 Å². The number of aromatic nitrogens is 3. The van der Waals surface area contributed by atoms with Gasteiger partial charge in [0, 0.05) is 7.11 Å². The molecule has 0 saturated heterocycles. The lowest BCUT2D eigenvalue weighted by molar-refractivity contribution is -0.131. The van der Waals surface area contributed by atoms with Gasteiger partial charge in [-0.1, -0.05) is 30.3 Å². The molecule has 6 heteroatoms. The summed E-state index contributed by atoms with van der Waals surface area (Å²) < 4.78 is 5.21. The number of aromatic amines is 1. The molecule has 1 unspecified atom stereocenters. The summed E-state index contributed by atoms with van der Waals surface area (Å²) in [5.41, 5.74) is 0.815. The van der Waals surface area contributed by atoms with E-state index in [0.717, 1.165) is 5.56 Å². The maximum atomic E-state index is 12.0. The number of nitrogens with one attached hydrogen (secondary N) is 2. The maximum Gasteiger partial charge on any atom is 0.254 e. The number of methoxy groups -OCH3 is 1. The molecular weight excluding hydrogens is 232 g/mol. The van der Waals surface area contributed by atoms with Gasteiger partial charge in [-0.3, -0.25) is 9.89 Å². The normalized spacial score (nSPS) is 12.1. The van der Waals surface area contributed by atoms with Crippen LogP contribution in [0.3, 0.4) is 0 Å². The first-order valence-corrected chi connectivity index (χ1v) is 5.51.